The van der Waals surface area contributed by atoms with E-state index in [2.05, 4.69) is 20.8 Å². The van der Waals surface area contributed by atoms with Crippen LogP contribution < -0.4 is 0 Å². The van der Waals surface area contributed by atoms with Gasteiger partial charge in [-0.3, -0.25) is 4.79 Å². The Morgan fingerprint density at radius 3 is 2.67 bits per heavy atom. The first-order valence-electron chi connectivity index (χ1n) is 7.66. The minimum absolute atomic E-state index is 0.378. The van der Waals surface area contributed by atoms with E-state index in [1.807, 2.05) is 0 Å². The molecule has 1 heterocycles. The van der Waals surface area contributed by atoms with Crippen molar-refractivity contribution in [3.63, 3.8) is 0 Å². The molecule has 2 aliphatic carbocycles. The van der Waals surface area contributed by atoms with E-state index in [1.54, 1.807) is 0 Å². The molecule has 0 radical (unpaired) electrons. The molecular weight excluding hydrogens is 290 g/mol. The molecule has 2 saturated carbocycles. The van der Waals surface area contributed by atoms with Gasteiger partial charge in [-0.2, -0.15) is 0 Å². The monoisotopic (exact) mass is 313 g/mol. The Morgan fingerprint density at radius 2 is 2.00 bits per heavy atom. The highest BCUT2D eigenvalue weighted by Crippen LogP contribution is 2.49. The summed E-state index contributed by atoms with van der Waals surface area (Å²) in [7, 11) is 0. The summed E-state index contributed by atoms with van der Waals surface area (Å²) in [6.45, 7) is 1.00. The van der Waals surface area contributed by atoms with E-state index in [0.29, 0.717) is 17.9 Å². The van der Waals surface area contributed by atoms with E-state index in [1.165, 1.54) is 51.4 Å². The maximum Gasteiger partial charge on any atom is 0.226 e. The number of amides is 1. The average molecular weight is 314 g/mol. The van der Waals surface area contributed by atoms with Gasteiger partial charge in [-0.25, -0.2) is 0 Å². The van der Waals surface area contributed by atoms with Crippen LogP contribution in [-0.2, 0) is 4.79 Å². The zero-order valence-corrected chi connectivity index (χ0v) is 12.7. The van der Waals surface area contributed by atoms with Crippen molar-refractivity contribution in [3.8, 4) is 0 Å². The lowest BCUT2D eigenvalue weighted by atomic mass is 9.87. The van der Waals surface area contributed by atoms with Crippen LogP contribution in [0.1, 0.15) is 51.4 Å². The van der Waals surface area contributed by atoms with Crippen molar-refractivity contribution >= 4 is 21.8 Å². The Labute approximate surface area is 119 Å². The molecule has 1 amide bonds. The van der Waals surface area contributed by atoms with Gasteiger partial charge in [-0.05, 0) is 43.9 Å². The SMILES string of the molecule is O=C(C1CC2CCC1C2)N1CCCCCC1CBr. The molecule has 4 atom stereocenters. The first-order valence-corrected chi connectivity index (χ1v) is 8.78. The van der Waals surface area contributed by atoms with Gasteiger partial charge in [0.1, 0.15) is 0 Å². The number of likely N-dealkylation sites (tertiary alicyclic amines) is 1. The maximum absolute atomic E-state index is 12.8. The Bertz CT molecular complexity index is 320. The molecule has 1 aliphatic heterocycles. The predicted octanol–water partition coefficient (Wildman–Crippen LogP) is 3.59. The maximum atomic E-state index is 12.8. The van der Waals surface area contributed by atoms with Crippen molar-refractivity contribution < 1.29 is 4.79 Å². The summed E-state index contributed by atoms with van der Waals surface area (Å²) in [6, 6.07) is 0.458. The fourth-order valence-corrected chi connectivity index (χ4v) is 5.06. The normalized spacial score (nSPS) is 39.9. The topological polar surface area (TPSA) is 20.3 Å². The number of carbonyl (C=O) groups excluding carboxylic acids is 1. The minimum atomic E-state index is 0.378. The molecule has 0 aromatic heterocycles. The summed E-state index contributed by atoms with van der Waals surface area (Å²) in [5.74, 6) is 2.47. The highest BCUT2D eigenvalue weighted by atomic mass is 79.9. The van der Waals surface area contributed by atoms with Crippen LogP contribution in [0.25, 0.3) is 0 Å². The van der Waals surface area contributed by atoms with Crippen molar-refractivity contribution in [1.29, 1.82) is 0 Å². The van der Waals surface area contributed by atoms with Gasteiger partial charge in [-0.15, -0.1) is 0 Å². The Morgan fingerprint density at radius 1 is 1.11 bits per heavy atom. The van der Waals surface area contributed by atoms with E-state index < -0.39 is 0 Å². The molecular formula is C15H24BrNO. The number of hydrogen-bond acceptors (Lipinski definition) is 1. The van der Waals surface area contributed by atoms with Crippen LogP contribution in [0, 0.1) is 17.8 Å². The molecule has 0 N–H and O–H groups in total. The fraction of sp³-hybridized carbons (Fsp3) is 0.933. The van der Waals surface area contributed by atoms with Gasteiger partial charge in [0.05, 0.1) is 0 Å². The molecule has 2 bridgehead atoms. The van der Waals surface area contributed by atoms with Crippen LogP contribution in [0.15, 0.2) is 0 Å². The first-order chi connectivity index (χ1) is 8.79. The molecule has 3 heteroatoms. The Hall–Kier alpha value is -0.0500. The summed E-state index contributed by atoms with van der Waals surface area (Å²) in [6.07, 6.45) is 10.2. The van der Waals surface area contributed by atoms with Gasteiger partial charge < -0.3 is 4.90 Å². The first kappa shape index (κ1) is 13.0. The van der Waals surface area contributed by atoms with Gasteiger partial charge in [0.15, 0.2) is 0 Å². The number of hydrogen-bond donors (Lipinski definition) is 0. The van der Waals surface area contributed by atoms with Gasteiger partial charge >= 0.3 is 0 Å². The number of rotatable bonds is 2. The van der Waals surface area contributed by atoms with E-state index in [-0.39, 0.29) is 0 Å². The number of fused-ring (bicyclic) bond motifs is 2. The van der Waals surface area contributed by atoms with Crippen molar-refractivity contribution in [3.05, 3.63) is 0 Å². The van der Waals surface area contributed by atoms with Crippen molar-refractivity contribution in [2.24, 2.45) is 17.8 Å². The average Bonchev–Trinajstić information content (AvgIpc) is 2.93. The van der Waals surface area contributed by atoms with Crippen molar-refractivity contribution in [2.75, 3.05) is 11.9 Å². The fourth-order valence-electron chi connectivity index (χ4n) is 4.39. The van der Waals surface area contributed by atoms with Crippen LogP contribution in [-0.4, -0.2) is 28.7 Å². The summed E-state index contributed by atoms with van der Waals surface area (Å²) in [5, 5.41) is 0.958. The second-order valence-electron chi connectivity index (χ2n) is 6.47. The molecule has 0 aromatic carbocycles. The molecule has 3 rings (SSSR count). The second kappa shape index (κ2) is 5.52. The van der Waals surface area contributed by atoms with E-state index >= 15 is 0 Å². The lowest BCUT2D eigenvalue weighted by molar-refractivity contribution is -0.139. The van der Waals surface area contributed by atoms with E-state index in [0.717, 1.165) is 23.7 Å². The summed E-state index contributed by atoms with van der Waals surface area (Å²) < 4.78 is 0. The van der Waals surface area contributed by atoms with Gasteiger partial charge in [0.25, 0.3) is 0 Å². The van der Waals surface area contributed by atoms with Crippen LogP contribution in [0.5, 0.6) is 0 Å². The molecule has 102 valence electrons. The molecule has 0 spiro atoms. The molecule has 2 nitrogen and oxygen atoms in total. The second-order valence-corrected chi connectivity index (χ2v) is 7.12. The summed E-state index contributed by atoms with van der Waals surface area (Å²) >= 11 is 3.61. The number of halogens is 1. The molecule has 4 unspecified atom stereocenters. The molecule has 1 saturated heterocycles. The number of nitrogens with zero attached hydrogens (tertiary/aromatic N) is 1. The standard InChI is InChI=1S/C15H24BrNO/c16-10-13-4-2-1-3-7-17(13)15(18)14-9-11-5-6-12(14)8-11/h11-14H,1-10H2. The summed E-state index contributed by atoms with van der Waals surface area (Å²) in [4.78, 5) is 15.0. The zero-order valence-electron chi connectivity index (χ0n) is 11.1. The van der Waals surface area contributed by atoms with Gasteiger partial charge in [0.2, 0.25) is 5.91 Å². The quantitative estimate of drug-likeness (QED) is 0.713. The van der Waals surface area contributed by atoms with Gasteiger partial charge in [0, 0.05) is 23.8 Å². The Kier molecular flexibility index (Phi) is 3.97. The van der Waals surface area contributed by atoms with Crippen molar-refractivity contribution in [2.45, 2.75) is 57.4 Å². The predicted molar refractivity (Wildman–Crippen MR) is 76.7 cm³/mol. The number of carbonyl (C=O) groups is 1. The van der Waals surface area contributed by atoms with Crippen LogP contribution >= 0.6 is 15.9 Å². The minimum Gasteiger partial charge on any atom is -0.339 e. The highest BCUT2D eigenvalue weighted by molar-refractivity contribution is 9.09. The summed E-state index contributed by atoms with van der Waals surface area (Å²) in [5.41, 5.74) is 0. The van der Waals surface area contributed by atoms with E-state index in [9.17, 15) is 4.79 Å². The van der Waals surface area contributed by atoms with Crippen LogP contribution in [0.4, 0.5) is 0 Å². The zero-order chi connectivity index (χ0) is 12.5. The van der Waals surface area contributed by atoms with Gasteiger partial charge in [-0.1, -0.05) is 35.2 Å². The van der Waals surface area contributed by atoms with E-state index in [4.69, 9.17) is 0 Å². The molecule has 18 heavy (non-hydrogen) atoms. The van der Waals surface area contributed by atoms with Crippen LogP contribution in [0.2, 0.25) is 0 Å². The number of alkyl halides is 1. The Balaban J connectivity index is 1.69. The van der Waals surface area contributed by atoms with Crippen molar-refractivity contribution in [1.82, 2.24) is 4.90 Å². The third-order valence-electron chi connectivity index (χ3n) is 5.39. The highest BCUT2D eigenvalue weighted by Gasteiger charge is 2.45. The van der Waals surface area contributed by atoms with Crippen LogP contribution in [0.3, 0.4) is 0 Å². The molecule has 3 fully saturated rings. The molecule has 0 aromatic rings. The largest absolute Gasteiger partial charge is 0.339 e. The lowest BCUT2D eigenvalue weighted by Crippen LogP contribution is -2.45. The lowest BCUT2D eigenvalue weighted by Gasteiger charge is -2.33. The smallest absolute Gasteiger partial charge is 0.226 e. The molecule has 3 aliphatic rings. The third kappa shape index (κ3) is 2.35. The third-order valence-corrected chi connectivity index (χ3v) is 6.14.